The summed E-state index contributed by atoms with van der Waals surface area (Å²) >= 11 is 0. The number of ketones is 1. The number of nitrogens with one attached hydrogen (secondary N) is 1. The Hall–Kier alpha value is -3.54. The second kappa shape index (κ2) is 6.73. The number of imide groups is 1. The molecule has 2 aromatic carbocycles. The minimum Gasteiger partial charge on any atom is -0.322 e. The van der Waals surface area contributed by atoms with E-state index in [1.807, 2.05) is 0 Å². The van der Waals surface area contributed by atoms with Gasteiger partial charge in [-0.25, -0.2) is 0 Å². The van der Waals surface area contributed by atoms with Crippen LogP contribution in [-0.2, 0) is 9.59 Å². The van der Waals surface area contributed by atoms with Gasteiger partial charge in [-0.15, -0.1) is 0 Å². The van der Waals surface area contributed by atoms with Crippen molar-refractivity contribution in [1.29, 1.82) is 0 Å². The van der Waals surface area contributed by atoms with E-state index in [0.717, 1.165) is 6.42 Å². The number of allylic oxidation sites excluding steroid dienone is 2. The van der Waals surface area contributed by atoms with Gasteiger partial charge in [0, 0.05) is 16.8 Å². The topological polar surface area (TPSA) is 83.6 Å². The molecule has 0 radical (unpaired) electrons. The molecule has 5 aliphatic rings. The molecule has 6 nitrogen and oxygen atoms in total. The van der Waals surface area contributed by atoms with Gasteiger partial charge in [-0.3, -0.25) is 24.1 Å². The number of hydrogen-bond donors (Lipinski definition) is 1. The van der Waals surface area contributed by atoms with Gasteiger partial charge < -0.3 is 5.32 Å². The van der Waals surface area contributed by atoms with Crippen molar-refractivity contribution in [3.05, 3.63) is 71.8 Å². The van der Waals surface area contributed by atoms with Crippen LogP contribution in [0.4, 0.5) is 11.4 Å². The van der Waals surface area contributed by atoms with E-state index < -0.39 is 0 Å². The van der Waals surface area contributed by atoms with Crippen molar-refractivity contribution in [2.24, 2.45) is 35.5 Å². The fraction of sp³-hybridized carbons (Fsp3) is 0.308. The number of anilines is 2. The highest BCUT2D eigenvalue weighted by Crippen LogP contribution is 2.65. The van der Waals surface area contributed by atoms with E-state index in [9.17, 15) is 19.2 Å². The first kappa shape index (κ1) is 19.2. The molecule has 1 saturated heterocycles. The van der Waals surface area contributed by atoms with E-state index >= 15 is 0 Å². The van der Waals surface area contributed by atoms with Crippen molar-refractivity contribution in [3.8, 4) is 0 Å². The Morgan fingerprint density at radius 1 is 0.812 bits per heavy atom. The lowest BCUT2D eigenvalue weighted by molar-refractivity contribution is -0.124. The number of benzene rings is 2. The number of carbonyl (C=O) groups excluding carboxylic acids is 4. The minimum atomic E-state index is -0.304. The summed E-state index contributed by atoms with van der Waals surface area (Å²) in [5.41, 5.74) is 2.10. The number of rotatable bonds is 4. The Morgan fingerprint density at radius 2 is 1.34 bits per heavy atom. The van der Waals surface area contributed by atoms with Crippen LogP contribution in [0.15, 0.2) is 60.7 Å². The number of nitrogens with zero attached hydrogens (tertiary/aromatic N) is 1. The molecule has 2 bridgehead atoms. The lowest BCUT2D eigenvalue weighted by Crippen LogP contribution is -2.40. The smallest absolute Gasteiger partial charge is 0.255 e. The highest BCUT2D eigenvalue weighted by Gasteiger charge is 2.67. The molecule has 0 aromatic heterocycles. The Morgan fingerprint density at radius 3 is 1.88 bits per heavy atom. The van der Waals surface area contributed by atoms with Crippen molar-refractivity contribution in [1.82, 2.24) is 0 Å². The normalized spacial score (nSPS) is 31.3. The predicted octanol–water partition coefficient (Wildman–Crippen LogP) is 3.70. The molecule has 7 rings (SSSR count). The highest BCUT2D eigenvalue weighted by atomic mass is 16.2. The van der Waals surface area contributed by atoms with Crippen LogP contribution in [0.1, 0.15) is 34.1 Å². The van der Waals surface area contributed by atoms with Crippen LogP contribution in [0.5, 0.6) is 0 Å². The fourth-order valence-corrected chi connectivity index (χ4v) is 5.96. The Bertz CT molecular complexity index is 1160. The molecule has 1 N–H and O–H groups in total. The van der Waals surface area contributed by atoms with Crippen molar-refractivity contribution in [2.45, 2.75) is 13.3 Å². The molecule has 3 amide bonds. The maximum absolute atomic E-state index is 13.2. The molecule has 0 spiro atoms. The van der Waals surface area contributed by atoms with Crippen LogP contribution in [0.2, 0.25) is 0 Å². The summed E-state index contributed by atoms with van der Waals surface area (Å²) in [5.74, 6) is 0.500. The van der Waals surface area contributed by atoms with Gasteiger partial charge in [0.2, 0.25) is 11.8 Å². The molecule has 3 fully saturated rings. The molecule has 2 saturated carbocycles. The third-order valence-corrected chi connectivity index (χ3v) is 7.60. The molecular weight excluding hydrogens is 404 g/mol. The summed E-state index contributed by atoms with van der Waals surface area (Å²) in [6.07, 6.45) is 5.45. The first-order valence-electron chi connectivity index (χ1n) is 11.0. The molecule has 0 unspecified atom stereocenters. The second-order valence-corrected chi connectivity index (χ2v) is 9.30. The maximum atomic E-state index is 13.2. The minimum absolute atomic E-state index is 0.0369. The summed E-state index contributed by atoms with van der Waals surface area (Å²) in [6.45, 7) is 1.49. The van der Waals surface area contributed by atoms with E-state index in [4.69, 9.17) is 0 Å². The third-order valence-electron chi connectivity index (χ3n) is 7.60. The van der Waals surface area contributed by atoms with Gasteiger partial charge in [-0.1, -0.05) is 12.2 Å². The number of carbonyl (C=O) groups is 4. The number of hydrogen-bond acceptors (Lipinski definition) is 4. The summed E-state index contributed by atoms with van der Waals surface area (Å²) in [5, 5.41) is 2.80. The van der Waals surface area contributed by atoms with Gasteiger partial charge in [0.05, 0.1) is 17.5 Å². The van der Waals surface area contributed by atoms with Crippen molar-refractivity contribution < 1.29 is 19.2 Å². The van der Waals surface area contributed by atoms with Crippen molar-refractivity contribution in [2.75, 3.05) is 10.2 Å². The molecule has 160 valence electrons. The van der Waals surface area contributed by atoms with E-state index in [-0.39, 0.29) is 47.2 Å². The third kappa shape index (κ3) is 2.72. The van der Waals surface area contributed by atoms with Crippen molar-refractivity contribution in [3.63, 3.8) is 0 Å². The fourth-order valence-electron chi connectivity index (χ4n) is 5.96. The zero-order chi connectivity index (χ0) is 22.1. The van der Waals surface area contributed by atoms with Gasteiger partial charge in [0.25, 0.3) is 5.91 Å². The van der Waals surface area contributed by atoms with E-state index in [1.54, 1.807) is 48.5 Å². The molecule has 2 aromatic rings. The summed E-state index contributed by atoms with van der Waals surface area (Å²) in [4.78, 5) is 51.7. The lowest BCUT2D eigenvalue weighted by Gasteiger charge is -2.37. The SMILES string of the molecule is CC(=O)c1ccc(NC(=O)c2ccc(N3C(=O)[C@@H]4[C@H]5C=C[C@H]([C@H]6C[C@H]56)[C@@H]4C3=O)cc2)cc1. The number of Topliss-reactive ketones (excluding diaryl/α,β-unsaturated/α-hetero) is 1. The Kier molecular flexibility index (Phi) is 4.03. The maximum Gasteiger partial charge on any atom is 0.255 e. The van der Waals surface area contributed by atoms with Crippen LogP contribution >= 0.6 is 0 Å². The summed E-state index contributed by atoms with van der Waals surface area (Å²) < 4.78 is 0. The molecule has 32 heavy (non-hydrogen) atoms. The van der Waals surface area contributed by atoms with E-state index in [2.05, 4.69) is 17.5 Å². The highest BCUT2D eigenvalue weighted by molar-refractivity contribution is 6.22. The van der Waals surface area contributed by atoms with Gasteiger partial charge in [0.15, 0.2) is 5.78 Å². The van der Waals surface area contributed by atoms with Crippen LogP contribution in [0, 0.1) is 35.5 Å². The van der Waals surface area contributed by atoms with E-state index in [1.165, 1.54) is 11.8 Å². The molecular formula is C26H22N2O4. The van der Waals surface area contributed by atoms with Gasteiger partial charge in [-0.2, -0.15) is 0 Å². The predicted molar refractivity (Wildman–Crippen MR) is 118 cm³/mol. The van der Waals surface area contributed by atoms with Crippen molar-refractivity contribution >= 4 is 34.9 Å². The standard InChI is InChI=1S/C26H22N2O4/c1-13(29)14-2-6-16(7-3-14)27-24(30)15-4-8-17(9-5-15)28-25(31)22-18-10-11-19(21-12-20(18)21)23(22)26(28)32/h2-11,18-23H,12H2,1H3,(H,27,30)/t18-,19+,20-,21-,22+,23-/m1/s1. The second-order valence-electron chi connectivity index (χ2n) is 9.30. The quantitative estimate of drug-likeness (QED) is 0.459. The number of amides is 3. The zero-order valence-corrected chi connectivity index (χ0v) is 17.5. The van der Waals surface area contributed by atoms with Gasteiger partial charge in [-0.05, 0) is 85.5 Å². The molecule has 6 heteroatoms. The molecule has 1 aliphatic heterocycles. The average Bonchev–Trinajstić information content (AvgIpc) is 3.58. The van der Waals surface area contributed by atoms with Crippen LogP contribution in [0.3, 0.4) is 0 Å². The Labute approximate surface area is 185 Å². The van der Waals surface area contributed by atoms with Crippen LogP contribution in [0.25, 0.3) is 0 Å². The largest absolute Gasteiger partial charge is 0.322 e. The molecule has 4 aliphatic carbocycles. The summed E-state index contributed by atoms with van der Waals surface area (Å²) in [6, 6.07) is 13.3. The van der Waals surface area contributed by atoms with Gasteiger partial charge >= 0.3 is 0 Å². The van der Waals surface area contributed by atoms with E-state index in [0.29, 0.717) is 34.3 Å². The molecule has 1 heterocycles. The molecule has 6 atom stereocenters. The van der Waals surface area contributed by atoms with Gasteiger partial charge in [0.1, 0.15) is 0 Å². The monoisotopic (exact) mass is 426 g/mol. The zero-order valence-electron chi connectivity index (χ0n) is 17.5. The average molecular weight is 426 g/mol. The first-order chi connectivity index (χ1) is 15.4. The van der Waals surface area contributed by atoms with Crippen LogP contribution < -0.4 is 10.2 Å². The Balaban J connectivity index is 1.19. The first-order valence-corrected chi connectivity index (χ1v) is 11.0. The van der Waals surface area contributed by atoms with Crippen LogP contribution in [-0.4, -0.2) is 23.5 Å². The summed E-state index contributed by atoms with van der Waals surface area (Å²) in [7, 11) is 0. The lowest BCUT2D eigenvalue weighted by atomic mass is 9.63.